The van der Waals surface area contributed by atoms with Crippen LogP contribution in [0.15, 0.2) is 10.7 Å². The zero-order valence-corrected chi connectivity index (χ0v) is 13.9. The third-order valence-electron chi connectivity index (χ3n) is 2.65. The highest BCUT2D eigenvalue weighted by molar-refractivity contribution is 7.99. The molecule has 1 amide bonds. The van der Waals surface area contributed by atoms with Gasteiger partial charge in [0.15, 0.2) is 5.16 Å². The van der Waals surface area contributed by atoms with E-state index in [4.69, 9.17) is 0 Å². The van der Waals surface area contributed by atoms with Gasteiger partial charge in [-0.15, -0.1) is 20.4 Å². The second-order valence-electron chi connectivity index (χ2n) is 4.73. The molecule has 0 aliphatic heterocycles. The Bertz CT molecular complexity index is 581. The van der Waals surface area contributed by atoms with Gasteiger partial charge in [0.2, 0.25) is 11.0 Å². The molecule has 7 nitrogen and oxygen atoms in total. The summed E-state index contributed by atoms with van der Waals surface area (Å²) < 4.78 is 2.09. The van der Waals surface area contributed by atoms with Crippen molar-refractivity contribution in [2.75, 3.05) is 11.1 Å². The van der Waals surface area contributed by atoms with E-state index in [2.05, 4.69) is 51.0 Å². The van der Waals surface area contributed by atoms with Crippen LogP contribution in [0.4, 0.5) is 5.13 Å². The fourth-order valence-electron chi connectivity index (χ4n) is 1.78. The minimum atomic E-state index is -0.117. The summed E-state index contributed by atoms with van der Waals surface area (Å²) in [6, 6.07) is 0. The Morgan fingerprint density at radius 2 is 2.24 bits per heavy atom. The van der Waals surface area contributed by atoms with Crippen molar-refractivity contribution in [3.05, 3.63) is 11.3 Å². The Labute approximate surface area is 131 Å². The predicted molar refractivity (Wildman–Crippen MR) is 83.7 cm³/mol. The lowest BCUT2D eigenvalue weighted by atomic mass is 10.2. The van der Waals surface area contributed by atoms with Gasteiger partial charge in [0.1, 0.15) is 11.3 Å². The third-order valence-corrected chi connectivity index (χ3v) is 4.22. The van der Waals surface area contributed by atoms with E-state index in [9.17, 15) is 4.79 Å². The molecule has 0 saturated heterocycles. The highest BCUT2D eigenvalue weighted by atomic mass is 32.2. The van der Waals surface area contributed by atoms with E-state index >= 15 is 0 Å². The Balaban J connectivity index is 1.97. The molecule has 0 unspecified atom stereocenters. The van der Waals surface area contributed by atoms with E-state index in [1.165, 1.54) is 23.1 Å². The van der Waals surface area contributed by atoms with Crippen molar-refractivity contribution in [3.8, 4) is 0 Å². The molecule has 0 spiro atoms. The quantitative estimate of drug-likeness (QED) is 0.786. The smallest absolute Gasteiger partial charge is 0.236 e. The van der Waals surface area contributed by atoms with Crippen LogP contribution in [0.25, 0.3) is 0 Å². The number of thioether (sulfide) groups is 1. The van der Waals surface area contributed by atoms with Gasteiger partial charge in [-0.3, -0.25) is 10.1 Å². The lowest BCUT2D eigenvalue weighted by Gasteiger charge is -2.10. The van der Waals surface area contributed by atoms with Crippen LogP contribution in [-0.2, 0) is 11.3 Å². The minimum Gasteiger partial charge on any atom is -0.306 e. The second kappa shape index (κ2) is 7.51. The second-order valence-corrected chi connectivity index (χ2v) is 6.50. The molecular formula is C12H18N6OS2. The van der Waals surface area contributed by atoms with E-state index in [0.29, 0.717) is 11.0 Å². The van der Waals surface area contributed by atoms with E-state index in [-0.39, 0.29) is 11.7 Å². The SMILES string of the molecule is CCCn1c(SCC(=O)Nc2nncs2)nnc1C(C)C. The van der Waals surface area contributed by atoms with Crippen molar-refractivity contribution < 1.29 is 4.79 Å². The van der Waals surface area contributed by atoms with E-state index in [1.807, 2.05) is 0 Å². The molecule has 0 fully saturated rings. The van der Waals surface area contributed by atoms with Crippen LogP contribution in [0.2, 0.25) is 0 Å². The maximum Gasteiger partial charge on any atom is 0.236 e. The van der Waals surface area contributed by atoms with Crippen LogP contribution in [-0.4, -0.2) is 36.6 Å². The largest absolute Gasteiger partial charge is 0.306 e. The maximum absolute atomic E-state index is 11.8. The van der Waals surface area contributed by atoms with Crippen LogP contribution in [0.3, 0.4) is 0 Å². The maximum atomic E-state index is 11.8. The molecule has 0 aliphatic carbocycles. The van der Waals surface area contributed by atoms with Gasteiger partial charge in [0, 0.05) is 12.5 Å². The molecule has 2 aromatic rings. The average Bonchev–Trinajstić information content (AvgIpc) is 3.06. The number of carbonyl (C=O) groups is 1. The van der Waals surface area contributed by atoms with Crippen LogP contribution in [0.1, 0.15) is 38.9 Å². The summed E-state index contributed by atoms with van der Waals surface area (Å²) in [4.78, 5) is 11.8. The molecule has 9 heteroatoms. The Hall–Kier alpha value is -1.48. The van der Waals surface area contributed by atoms with Gasteiger partial charge < -0.3 is 4.57 Å². The lowest BCUT2D eigenvalue weighted by molar-refractivity contribution is -0.113. The summed E-state index contributed by atoms with van der Waals surface area (Å²) in [5.74, 6) is 1.44. The van der Waals surface area contributed by atoms with Crippen LogP contribution >= 0.6 is 23.1 Å². The number of carbonyl (C=O) groups excluding carboxylic acids is 1. The number of nitrogens with one attached hydrogen (secondary N) is 1. The molecular weight excluding hydrogens is 308 g/mol. The summed E-state index contributed by atoms with van der Waals surface area (Å²) in [5, 5.41) is 19.9. The van der Waals surface area contributed by atoms with E-state index < -0.39 is 0 Å². The summed E-state index contributed by atoms with van der Waals surface area (Å²) in [7, 11) is 0. The minimum absolute atomic E-state index is 0.117. The first-order valence-electron chi connectivity index (χ1n) is 6.73. The van der Waals surface area contributed by atoms with Crippen molar-refractivity contribution in [2.24, 2.45) is 0 Å². The van der Waals surface area contributed by atoms with Gasteiger partial charge in [0.05, 0.1) is 5.75 Å². The van der Waals surface area contributed by atoms with Gasteiger partial charge in [-0.25, -0.2) is 0 Å². The van der Waals surface area contributed by atoms with Gasteiger partial charge in [-0.1, -0.05) is 43.9 Å². The molecule has 0 bridgehead atoms. The van der Waals surface area contributed by atoms with Crippen LogP contribution in [0, 0.1) is 0 Å². The van der Waals surface area contributed by atoms with Crippen molar-refractivity contribution in [1.29, 1.82) is 0 Å². The van der Waals surface area contributed by atoms with Crippen molar-refractivity contribution >= 4 is 34.1 Å². The molecule has 0 saturated carbocycles. The van der Waals surface area contributed by atoms with Crippen LogP contribution in [0.5, 0.6) is 0 Å². The predicted octanol–water partition coefficient (Wildman–Crippen LogP) is 2.39. The normalized spacial score (nSPS) is 11.0. The van der Waals surface area contributed by atoms with E-state index in [0.717, 1.165) is 23.9 Å². The number of nitrogens with zero attached hydrogens (tertiary/aromatic N) is 5. The average molecular weight is 326 g/mol. The Morgan fingerprint density at radius 1 is 1.43 bits per heavy atom. The van der Waals surface area contributed by atoms with Gasteiger partial charge in [-0.05, 0) is 6.42 Å². The van der Waals surface area contributed by atoms with Crippen molar-refractivity contribution in [3.63, 3.8) is 0 Å². The number of hydrogen-bond donors (Lipinski definition) is 1. The zero-order valence-electron chi connectivity index (χ0n) is 12.2. The lowest BCUT2D eigenvalue weighted by Crippen LogP contribution is -2.15. The summed E-state index contributed by atoms with van der Waals surface area (Å²) in [6.07, 6.45) is 1.00. The number of amides is 1. The fraction of sp³-hybridized carbons (Fsp3) is 0.583. The molecule has 114 valence electrons. The topological polar surface area (TPSA) is 85.6 Å². The number of rotatable bonds is 7. The molecule has 2 heterocycles. The van der Waals surface area contributed by atoms with Crippen molar-refractivity contribution in [1.82, 2.24) is 25.0 Å². The summed E-state index contributed by atoms with van der Waals surface area (Å²) in [6.45, 7) is 7.15. The molecule has 2 aromatic heterocycles. The number of aromatic nitrogens is 5. The molecule has 1 N–H and O–H groups in total. The molecule has 0 aliphatic rings. The first kappa shape index (κ1) is 15.9. The van der Waals surface area contributed by atoms with Crippen LogP contribution < -0.4 is 5.32 Å². The molecule has 0 atom stereocenters. The first-order valence-corrected chi connectivity index (χ1v) is 8.60. The molecule has 2 rings (SSSR count). The zero-order chi connectivity index (χ0) is 15.2. The van der Waals surface area contributed by atoms with Crippen molar-refractivity contribution in [2.45, 2.75) is 44.8 Å². The first-order chi connectivity index (χ1) is 10.1. The molecule has 0 aromatic carbocycles. The highest BCUT2D eigenvalue weighted by Gasteiger charge is 2.16. The highest BCUT2D eigenvalue weighted by Crippen LogP contribution is 2.22. The van der Waals surface area contributed by atoms with Gasteiger partial charge in [-0.2, -0.15) is 0 Å². The third kappa shape index (κ3) is 4.24. The number of anilines is 1. The monoisotopic (exact) mass is 326 g/mol. The Kier molecular flexibility index (Phi) is 5.68. The number of hydrogen-bond acceptors (Lipinski definition) is 7. The Morgan fingerprint density at radius 3 is 2.86 bits per heavy atom. The molecule has 0 radical (unpaired) electrons. The summed E-state index contributed by atoms with van der Waals surface area (Å²) >= 11 is 2.68. The standard InChI is InChI=1S/C12H18N6OS2/c1-4-5-18-10(8(2)3)15-17-12(18)20-6-9(19)14-11-16-13-7-21-11/h7-8H,4-6H2,1-3H3,(H,14,16,19). The van der Waals surface area contributed by atoms with E-state index in [1.54, 1.807) is 5.51 Å². The molecule has 21 heavy (non-hydrogen) atoms. The summed E-state index contributed by atoms with van der Waals surface area (Å²) in [5.41, 5.74) is 1.58. The fourth-order valence-corrected chi connectivity index (χ4v) is 3.01. The van der Waals surface area contributed by atoms with Gasteiger partial charge >= 0.3 is 0 Å². The van der Waals surface area contributed by atoms with Gasteiger partial charge in [0.25, 0.3) is 0 Å².